The van der Waals surface area contributed by atoms with Gasteiger partial charge in [0.05, 0.1) is 48.9 Å². The van der Waals surface area contributed by atoms with Crippen LogP contribution in [0.25, 0.3) is 5.69 Å². The lowest BCUT2D eigenvalue weighted by molar-refractivity contribution is -0.384. The molecule has 3 rings (SSSR count). The largest absolute Gasteiger partial charge is 0.493 e. The zero-order chi connectivity index (χ0) is 24.1. The SMILES string of the molecule is CCCc1[nH]n(-c2ccc([N+](=O)[O-])cc2)c(=O)c1C(C)=Nc1cc(OC)c(OC)c(OC)c1. The van der Waals surface area contributed by atoms with Gasteiger partial charge in [-0.15, -0.1) is 0 Å². The number of benzene rings is 2. The number of methoxy groups -OCH3 is 3. The van der Waals surface area contributed by atoms with Crippen LogP contribution in [0.2, 0.25) is 0 Å². The van der Waals surface area contributed by atoms with Crippen LogP contribution >= 0.6 is 0 Å². The average molecular weight is 454 g/mol. The fourth-order valence-corrected chi connectivity index (χ4v) is 3.57. The summed E-state index contributed by atoms with van der Waals surface area (Å²) in [5, 5.41) is 14.1. The molecule has 0 spiro atoms. The first-order valence-corrected chi connectivity index (χ1v) is 10.3. The van der Waals surface area contributed by atoms with E-state index in [4.69, 9.17) is 14.2 Å². The summed E-state index contributed by atoms with van der Waals surface area (Å²) >= 11 is 0. The molecule has 0 bridgehead atoms. The van der Waals surface area contributed by atoms with Crippen LogP contribution in [0.5, 0.6) is 17.2 Å². The van der Waals surface area contributed by atoms with Gasteiger partial charge in [-0.2, -0.15) is 0 Å². The molecular weight excluding hydrogens is 428 g/mol. The first-order valence-electron chi connectivity index (χ1n) is 10.3. The van der Waals surface area contributed by atoms with E-state index in [1.165, 1.54) is 50.3 Å². The van der Waals surface area contributed by atoms with Gasteiger partial charge in [0, 0.05) is 30.0 Å². The smallest absolute Gasteiger partial charge is 0.280 e. The molecule has 3 aromatic rings. The molecule has 0 aliphatic heterocycles. The molecule has 0 fully saturated rings. The number of rotatable bonds is 9. The Hall–Kier alpha value is -4.08. The number of aromatic nitrogens is 2. The Labute approximate surface area is 190 Å². The maximum atomic E-state index is 13.3. The van der Waals surface area contributed by atoms with Gasteiger partial charge in [0.25, 0.3) is 11.2 Å². The highest BCUT2D eigenvalue weighted by Gasteiger charge is 2.19. The summed E-state index contributed by atoms with van der Waals surface area (Å²) in [5.41, 5.74) is 2.38. The molecule has 0 atom stereocenters. The topological polar surface area (TPSA) is 121 Å². The number of aromatic amines is 1. The van der Waals surface area contributed by atoms with Crippen molar-refractivity contribution in [3.63, 3.8) is 0 Å². The number of non-ortho nitro benzene ring substituents is 1. The number of H-pyrrole nitrogens is 1. The van der Waals surface area contributed by atoms with E-state index in [2.05, 4.69) is 10.1 Å². The first kappa shape index (κ1) is 23.6. The molecule has 174 valence electrons. The summed E-state index contributed by atoms with van der Waals surface area (Å²) in [6.45, 7) is 3.77. The van der Waals surface area contributed by atoms with Crippen LogP contribution in [-0.2, 0) is 6.42 Å². The van der Waals surface area contributed by atoms with E-state index in [1.807, 2.05) is 6.92 Å². The number of ether oxygens (including phenoxy) is 3. The molecule has 1 N–H and O–H groups in total. The van der Waals surface area contributed by atoms with Crippen LogP contribution in [0.4, 0.5) is 11.4 Å². The van der Waals surface area contributed by atoms with Crippen molar-refractivity contribution in [1.29, 1.82) is 0 Å². The number of hydrogen-bond donors (Lipinski definition) is 1. The van der Waals surface area contributed by atoms with Crippen LogP contribution in [0.1, 0.15) is 31.5 Å². The van der Waals surface area contributed by atoms with E-state index in [1.54, 1.807) is 19.1 Å². The van der Waals surface area contributed by atoms with Gasteiger partial charge >= 0.3 is 0 Å². The summed E-state index contributed by atoms with van der Waals surface area (Å²) in [7, 11) is 4.56. The molecule has 0 radical (unpaired) electrons. The molecule has 33 heavy (non-hydrogen) atoms. The van der Waals surface area contributed by atoms with Crippen LogP contribution in [-0.4, -0.2) is 41.7 Å². The molecule has 10 nitrogen and oxygen atoms in total. The Kier molecular flexibility index (Phi) is 7.17. The standard InChI is InChI=1S/C23H26N4O6/c1-6-7-18-21(23(28)26(25-18)16-8-10-17(11-9-16)27(29)30)14(2)24-15-12-19(31-3)22(33-5)20(13-15)32-4/h8-13,25H,6-7H2,1-5H3. The van der Waals surface area contributed by atoms with Crippen molar-refractivity contribution in [2.24, 2.45) is 4.99 Å². The van der Waals surface area contributed by atoms with Gasteiger partial charge < -0.3 is 14.2 Å². The van der Waals surface area contributed by atoms with E-state index in [-0.39, 0.29) is 11.2 Å². The van der Waals surface area contributed by atoms with Gasteiger partial charge in [0.15, 0.2) is 11.5 Å². The zero-order valence-corrected chi connectivity index (χ0v) is 19.2. The van der Waals surface area contributed by atoms with Crippen LogP contribution in [0.15, 0.2) is 46.2 Å². The van der Waals surface area contributed by atoms with E-state index in [0.717, 1.165) is 12.1 Å². The molecule has 0 amide bonds. The summed E-state index contributed by atoms with van der Waals surface area (Å²) in [6.07, 6.45) is 1.44. The molecule has 1 aromatic heterocycles. The molecule has 10 heteroatoms. The Morgan fingerprint density at radius 3 is 2.18 bits per heavy atom. The van der Waals surface area contributed by atoms with Crippen LogP contribution in [0, 0.1) is 10.1 Å². The predicted molar refractivity (Wildman–Crippen MR) is 125 cm³/mol. The fraction of sp³-hybridized carbons (Fsp3) is 0.304. The monoisotopic (exact) mass is 454 g/mol. The average Bonchev–Trinajstić information content (AvgIpc) is 3.14. The summed E-state index contributed by atoms with van der Waals surface area (Å²) in [5.74, 6) is 1.36. The Morgan fingerprint density at radius 2 is 1.70 bits per heavy atom. The quantitative estimate of drug-likeness (QED) is 0.294. The van der Waals surface area contributed by atoms with Crippen LogP contribution in [0.3, 0.4) is 0 Å². The number of aliphatic imine (C=N–C) groups is 1. The van der Waals surface area contributed by atoms with Gasteiger partial charge in [-0.05, 0) is 25.5 Å². The minimum absolute atomic E-state index is 0.0486. The lowest BCUT2D eigenvalue weighted by Gasteiger charge is -2.13. The summed E-state index contributed by atoms with van der Waals surface area (Å²) in [6, 6.07) is 9.18. The zero-order valence-electron chi connectivity index (χ0n) is 19.2. The highest BCUT2D eigenvalue weighted by molar-refractivity contribution is 6.01. The van der Waals surface area contributed by atoms with Gasteiger partial charge in [0.1, 0.15) is 0 Å². The van der Waals surface area contributed by atoms with Crippen molar-refractivity contribution in [3.8, 4) is 22.9 Å². The Balaban J connectivity index is 2.11. The number of nitro groups is 1. The van der Waals surface area contributed by atoms with Crippen molar-refractivity contribution in [2.45, 2.75) is 26.7 Å². The summed E-state index contributed by atoms with van der Waals surface area (Å²) in [4.78, 5) is 28.4. The molecule has 0 saturated heterocycles. The Bertz CT molecular complexity index is 1220. The normalized spacial score (nSPS) is 11.4. The van der Waals surface area contributed by atoms with E-state index in [9.17, 15) is 14.9 Å². The molecule has 0 unspecified atom stereocenters. The van der Waals surface area contributed by atoms with Gasteiger partial charge in [0.2, 0.25) is 5.75 Å². The van der Waals surface area contributed by atoms with Crippen LogP contribution < -0.4 is 19.8 Å². The second-order valence-corrected chi connectivity index (χ2v) is 7.21. The maximum Gasteiger partial charge on any atom is 0.280 e. The molecule has 2 aromatic carbocycles. The third-order valence-corrected chi connectivity index (χ3v) is 5.09. The van der Waals surface area contributed by atoms with Crippen molar-refractivity contribution >= 4 is 17.1 Å². The number of nitrogens with zero attached hydrogens (tertiary/aromatic N) is 3. The van der Waals surface area contributed by atoms with Crippen molar-refractivity contribution in [1.82, 2.24) is 9.78 Å². The number of hydrogen-bond acceptors (Lipinski definition) is 7. The number of aryl methyl sites for hydroxylation is 1. The van der Waals surface area contributed by atoms with E-state index >= 15 is 0 Å². The van der Waals surface area contributed by atoms with E-state index < -0.39 is 4.92 Å². The molecular formula is C23H26N4O6. The van der Waals surface area contributed by atoms with Gasteiger partial charge in [-0.1, -0.05) is 13.3 Å². The van der Waals surface area contributed by atoms with E-state index in [0.29, 0.717) is 46.3 Å². The second kappa shape index (κ2) is 10.0. The Morgan fingerprint density at radius 1 is 1.09 bits per heavy atom. The second-order valence-electron chi connectivity index (χ2n) is 7.21. The van der Waals surface area contributed by atoms with Gasteiger partial charge in [-0.25, -0.2) is 4.68 Å². The number of nitrogens with one attached hydrogen (secondary N) is 1. The minimum Gasteiger partial charge on any atom is -0.493 e. The molecule has 0 aliphatic carbocycles. The fourth-order valence-electron chi connectivity index (χ4n) is 3.57. The predicted octanol–water partition coefficient (Wildman–Crippen LogP) is 4.19. The third kappa shape index (κ3) is 4.74. The molecule has 0 aliphatic rings. The summed E-state index contributed by atoms with van der Waals surface area (Å²) < 4.78 is 17.5. The minimum atomic E-state index is -0.483. The highest BCUT2D eigenvalue weighted by atomic mass is 16.6. The van der Waals surface area contributed by atoms with Crippen molar-refractivity contribution in [2.75, 3.05) is 21.3 Å². The lowest BCUT2D eigenvalue weighted by Crippen LogP contribution is -2.19. The number of nitro benzene ring substituents is 1. The highest BCUT2D eigenvalue weighted by Crippen LogP contribution is 2.41. The maximum absolute atomic E-state index is 13.3. The first-order chi connectivity index (χ1) is 15.8. The molecule has 1 heterocycles. The van der Waals surface area contributed by atoms with Gasteiger partial charge in [-0.3, -0.25) is 25.0 Å². The molecule has 0 saturated carbocycles. The third-order valence-electron chi connectivity index (χ3n) is 5.09. The van der Waals surface area contributed by atoms with Crippen molar-refractivity contribution in [3.05, 3.63) is 68.1 Å². The van der Waals surface area contributed by atoms with Crippen molar-refractivity contribution < 1.29 is 19.1 Å². The lowest BCUT2D eigenvalue weighted by atomic mass is 10.1.